The smallest absolute Gasteiger partial charge is 0.336 e. The number of hydrogen-bond acceptors (Lipinski definition) is 4. The Hall–Kier alpha value is -3.12. The first kappa shape index (κ1) is 20.8. The number of rotatable bonds is 3. The van der Waals surface area contributed by atoms with Gasteiger partial charge >= 0.3 is 5.97 Å². The van der Waals surface area contributed by atoms with Crippen LogP contribution in [0.4, 0.5) is 0 Å². The fourth-order valence-corrected chi connectivity index (χ4v) is 5.73. The molecule has 2 N–H and O–H groups in total. The first-order chi connectivity index (χ1) is 15.5. The molecule has 2 aromatic carbocycles. The molecule has 0 amide bonds. The Morgan fingerprint density at radius 1 is 1.06 bits per heavy atom. The van der Waals surface area contributed by atoms with Gasteiger partial charge in [0.05, 0.1) is 12.7 Å². The molecule has 2 heterocycles. The molecule has 0 spiro atoms. The summed E-state index contributed by atoms with van der Waals surface area (Å²) < 4.78 is 6.15. The van der Waals surface area contributed by atoms with E-state index < -0.39 is 11.9 Å². The molecule has 162 valence electrons. The normalized spacial score (nSPS) is 20.9. The van der Waals surface area contributed by atoms with Gasteiger partial charge in [-0.25, -0.2) is 4.79 Å². The number of ketones is 1. The van der Waals surface area contributed by atoms with Crippen LogP contribution in [0.3, 0.4) is 0 Å². The minimum atomic E-state index is -0.467. The Labute approximate surface area is 194 Å². The average Bonchev–Trinajstić information content (AvgIpc) is 3.27. The van der Waals surface area contributed by atoms with Gasteiger partial charge in [-0.2, -0.15) is 0 Å². The van der Waals surface area contributed by atoms with Crippen LogP contribution in [0.15, 0.2) is 81.7 Å². The Bertz CT molecular complexity index is 1320. The number of esters is 1. The molecule has 5 rings (SSSR count). The number of methoxy groups -OCH3 is 1. The predicted molar refractivity (Wildman–Crippen MR) is 127 cm³/mol. The van der Waals surface area contributed by atoms with Crippen LogP contribution in [-0.2, 0) is 14.3 Å². The van der Waals surface area contributed by atoms with Crippen LogP contribution in [0.2, 0.25) is 0 Å². The number of benzene rings is 2. The van der Waals surface area contributed by atoms with Crippen molar-refractivity contribution in [2.24, 2.45) is 0 Å². The molecule has 1 aliphatic heterocycles. The summed E-state index contributed by atoms with van der Waals surface area (Å²) in [6, 6.07) is 16.0. The third kappa shape index (κ3) is 3.30. The van der Waals surface area contributed by atoms with Crippen LogP contribution in [-0.4, -0.2) is 23.8 Å². The molecule has 1 aliphatic carbocycles. The quantitative estimate of drug-likeness (QED) is 0.477. The first-order valence-corrected chi connectivity index (χ1v) is 11.4. The van der Waals surface area contributed by atoms with Crippen LogP contribution in [0.5, 0.6) is 0 Å². The number of carbonyl (C=O) groups is 2. The number of allylic oxidation sites excluding steroid dienone is 3. The number of aromatic nitrogens is 1. The fourth-order valence-electron chi connectivity index (χ4n) is 5.12. The van der Waals surface area contributed by atoms with E-state index in [1.54, 1.807) is 0 Å². The summed E-state index contributed by atoms with van der Waals surface area (Å²) in [4.78, 5) is 29.8. The zero-order valence-corrected chi connectivity index (χ0v) is 19.5. The summed E-state index contributed by atoms with van der Waals surface area (Å²) >= 11 is 3.64. The zero-order valence-electron chi connectivity index (χ0n) is 17.9. The van der Waals surface area contributed by atoms with E-state index in [2.05, 4.69) is 32.3 Å². The average molecular weight is 491 g/mol. The van der Waals surface area contributed by atoms with Crippen LogP contribution >= 0.6 is 15.9 Å². The van der Waals surface area contributed by atoms with Gasteiger partial charge in [0.1, 0.15) is 0 Å². The van der Waals surface area contributed by atoms with Crippen LogP contribution in [0.1, 0.15) is 42.7 Å². The number of aromatic amines is 1. The Morgan fingerprint density at radius 3 is 2.62 bits per heavy atom. The second kappa shape index (κ2) is 8.10. The topological polar surface area (TPSA) is 71.2 Å². The number of ether oxygens (including phenoxy) is 1. The van der Waals surface area contributed by atoms with E-state index in [1.807, 2.05) is 55.6 Å². The molecule has 2 atom stereocenters. The van der Waals surface area contributed by atoms with Gasteiger partial charge in [-0.05, 0) is 48.6 Å². The molecular formula is C26H23BrN2O3. The van der Waals surface area contributed by atoms with Crippen LogP contribution < -0.4 is 5.32 Å². The van der Waals surface area contributed by atoms with Gasteiger partial charge in [0, 0.05) is 50.9 Å². The van der Waals surface area contributed by atoms with E-state index in [4.69, 9.17) is 4.74 Å². The van der Waals surface area contributed by atoms with Crippen molar-refractivity contribution in [2.75, 3.05) is 7.11 Å². The highest BCUT2D eigenvalue weighted by atomic mass is 79.9. The van der Waals surface area contributed by atoms with Crippen molar-refractivity contribution < 1.29 is 14.3 Å². The molecule has 2 unspecified atom stereocenters. The third-order valence-electron chi connectivity index (χ3n) is 6.52. The maximum absolute atomic E-state index is 13.6. The number of dihydropyridines is 1. The molecular weight excluding hydrogens is 468 g/mol. The molecule has 0 radical (unpaired) electrons. The van der Waals surface area contributed by atoms with Gasteiger partial charge in [0.25, 0.3) is 0 Å². The van der Waals surface area contributed by atoms with E-state index in [1.165, 1.54) is 7.11 Å². The number of halogens is 1. The minimum Gasteiger partial charge on any atom is -0.466 e. The van der Waals surface area contributed by atoms with Crippen molar-refractivity contribution in [3.05, 3.63) is 92.9 Å². The molecule has 1 aromatic heterocycles. The monoisotopic (exact) mass is 490 g/mol. The summed E-state index contributed by atoms with van der Waals surface area (Å²) in [5.41, 5.74) is 5.82. The van der Waals surface area contributed by atoms with Gasteiger partial charge < -0.3 is 15.0 Å². The molecule has 32 heavy (non-hydrogen) atoms. The van der Waals surface area contributed by atoms with Crippen molar-refractivity contribution in [3.63, 3.8) is 0 Å². The van der Waals surface area contributed by atoms with Crippen molar-refractivity contribution in [1.29, 1.82) is 0 Å². The lowest BCUT2D eigenvalue weighted by Gasteiger charge is -2.37. The van der Waals surface area contributed by atoms with Gasteiger partial charge in [0.2, 0.25) is 0 Å². The molecule has 0 saturated heterocycles. The second-order valence-corrected chi connectivity index (χ2v) is 9.17. The Morgan fingerprint density at radius 2 is 1.84 bits per heavy atom. The molecule has 0 fully saturated rings. The first-order valence-electron chi connectivity index (χ1n) is 10.6. The summed E-state index contributed by atoms with van der Waals surface area (Å²) in [5, 5.41) is 4.39. The van der Waals surface area contributed by atoms with Crippen molar-refractivity contribution >= 4 is 38.6 Å². The molecule has 2 aliphatic rings. The van der Waals surface area contributed by atoms with E-state index in [9.17, 15) is 9.59 Å². The highest BCUT2D eigenvalue weighted by Crippen LogP contribution is 2.47. The van der Waals surface area contributed by atoms with Crippen molar-refractivity contribution in [3.8, 4) is 0 Å². The maximum Gasteiger partial charge on any atom is 0.336 e. The molecule has 3 aromatic rings. The fraction of sp³-hybridized carbons (Fsp3) is 0.231. The van der Waals surface area contributed by atoms with Gasteiger partial charge in [0.15, 0.2) is 5.78 Å². The SMILES string of the molecule is COC(=O)C1=C(C)NC2=C(C(=O)CC(c3ccccc3Br)C2)C1c1cccc2[nH]ccc12. The summed E-state index contributed by atoms with van der Waals surface area (Å²) in [7, 11) is 1.38. The van der Waals surface area contributed by atoms with Gasteiger partial charge in [-0.3, -0.25) is 4.79 Å². The lowest BCUT2D eigenvalue weighted by atomic mass is 9.71. The molecule has 6 heteroatoms. The lowest BCUT2D eigenvalue weighted by molar-refractivity contribution is -0.136. The molecule has 0 saturated carbocycles. The second-order valence-electron chi connectivity index (χ2n) is 8.32. The van der Waals surface area contributed by atoms with Crippen LogP contribution in [0, 0.1) is 0 Å². The number of hydrogen-bond donors (Lipinski definition) is 2. The predicted octanol–water partition coefficient (Wildman–Crippen LogP) is 5.47. The number of Topliss-reactive ketones (excluding diaryl/α,β-unsaturated/α-hetero) is 1. The highest BCUT2D eigenvalue weighted by molar-refractivity contribution is 9.10. The number of H-pyrrole nitrogens is 1. The standard InChI is InChI=1S/C26H23BrN2O3/c1-14-23(26(31)32-2)24(18-7-5-9-20-17(18)10-11-28-20)25-21(29-14)12-15(13-22(25)30)16-6-3-4-8-19(16)27/h3-11,15,24,28-29H,12-13H2,1-2H3. The summed E-state index contributed by atoms with van der Waals surface area (Å²) in [5.74, 6) is -0.753. The third-order valence-corrected chi connectivity index (χ3v) is 7.24. The van der Waals surface area contributed by atoms with E-state index >= 15 is 0 Å². The van der Waals surface area contributed by atoms with Gasteiger partial charge in [-0.15, -0.1) is 0 Å². The van der Waals surface area contributed by atoms with E-state index in [-0.39, 0.29) is 11.7 Å². The largest absolute Gasteiger partial charge is 0.466 e. The zero-order chi connectivity index (χ0) is 22.4. The molecule has 0 bridgehead atoms. The summed E-state index contributed by atoms with van der Waals surface area (Å²) in [6.45, 7) is 1.88. The molecule has 5 nitrogen and oxygen atoms in total. The summed E-state index contributed by atoms with van der Waals surface area (Å²) in [6.07, 6.45) is 2.98. The van der Waals surface area contributed by atoms with E-state index in [0.29, 0.717) is 24.0 Å². The maximum atomic E-state index is 13.6. The van der Waals surface area contributed by atoms with Crippen molar-refractivity contribution in [2.45, 2.75) is 31.6 Å². The number of fused-ring (bicyclic) bond motifs is 1. The van der Waals surface area contributed by atoms with Gasteiger partial charge in [-0.1, -0.05) is 46.3 Å². The van der Waals surface area contributed by atoms with Crippen LogP contribution in [0.25, 0.3) is 10.9 Å². The van der Waals surface area contributed by atoms with E-state index in [0.717, 1.165) is 37.9 Å². The van der Waals surface area contributed by atoms with Crippen molar-refractivity contribution in [1.82, 2.24) is 10.3 Å². The highest BCUT2D eigenvalue weighted by Gasteiger charge is 2.42. The minimum absolute atomic E-state index is 0.0611. The Kier molecular flexibility index (Phi) is 5.25. The number of nitrogens with one attached hydrogen (secondary N) is 2. The lowest BCUT2D eigenvalue weighted by Crippen LogP contribution is -2.36. The number of carbonyl (C=O) groups excluding carboxylic acids is 2. The Balaban J connectivity index is 1.68.